The molecule has 0 bridgehead atoms. The molecule has 3 atom stereocenters. The summed E-state index contributed by atoms with van der Waals surface area (Å²) in [5, 5.41) is 15.8. The number of carboxylic acids is 1. The number of carbonyl (C=O) groups is 4. The van der Waals surface area contributed by atoms with E-state index in [1.54, 1.807) is 4.90 Å². The number of β-lactam (4-membered cyclic amide) rings is 1. The number of fused-ring (bicyclic) bond motifs is 1. The van der Waals surface area contributed by atoms with Gasteiger partial charge in [-0.3, -0.25) is 14.4 Å². The van der Waals surface area contributed by atoms with Crippen LogP contribution in [0.1, 0.15) is 5.82 Å². The van der Waals surface area contributed by atoms with Gasteiger partial charge in [-0.1, -0.05) is 5.16 Å². The van der Waals surface area contributed by atoms with Gasteiger partial charge in [0.1, 0.15) is 30.5 Å². The number of hydrogen-bond acceptors (Lipinski definition) is 13. The Morgan fingerprint density at radius 3 is 2.64 bits per heavy atom. The standard InChI is InChI=1S/C19H26N8O7S2/c1-25-3-5-26(6-4-25)18(32)34-8-19(16(30)31)7-27-14(29)11(15(27)35-9-19)21-13(28)10(23-33-2)12-22-17(20)36-24-12/h11,15H,3-9H2,1-2H3,(H,21,28)(H,30,31)(H2,20,22,24)/t11?,15-,19?/m1/s1. The SMILES string of the molecule is CON=C(C(=O)NC1C(=O)N2CC(COC(=O)N3CCN(C)CC3)(C(=O)O)CS[C@H]12)c1nsc(N)n1. The lowest BCUT2D eigenvalue weighted by molar-refractivity contribution is -0.160. The monoisotopic (exact) mass is 542 g/mol. The number of nitrogens with zero attached hydrogens (tertiary/aromatic N) is 6. The van der Waals surface area contributed by atoms with Crippen molar-refractivity contribution in [2.75, 3.05) is 65.0 Å². The largest absolute Gasteiger partial charge is 0.481 e. The number of thioether (sulfide) groups is 1. The van der Waals surface area contributed by atoms with Crippen LogP contribution in [-0.4, -0.2) is 129 Å². The van der Waals surface area contributed by atoms with Crippen molar-refractivity contribution in [3.05, 3.63) is 5.82 Å². The second-order valence-corrected chi connectivity index (χ2v) is 10.5. The molecule has 17 heteroatoms. The van der Waals surface area contributed by atoms with E-state index in [-0.39, 0.29) is 35.6 Å². The van der Waals surface area contributed by atoms with E-state index < -0.39 is 40.7 Å². The minimum absolute atomic E-state index is 0.0381. The van der Waals surface area contributed by atoms with Crippen LogP contribution < -0.4 is 11.1 Å². The van der Waals surface area contributed by atoms with Crippen LogP contribution in [0.15, 0.2) is 5.16 Å². The fourth-order valence-electron chi connectivity index (χ4n) is 4.00. The van der Waals surface area contributed by atoms with Crippen molar-refractivity contribution in [3.63, 3.8) is 0 Å². The van der Waals surface area contributed by atoms with Crippen molar-refractivity contribution in [3.8, 4) is 0 Å². The van der Waals surface area contributed by atoms with Crippen molar-refractivity contribution >= 4 is 58.0 Å². The number of ether oxygens (including phenoxy) is 1. The predicted molar refractivity (Wildman–Crippen MR) is 128 cm³/mol. The first-order valence-corrected chi connectivity index (χ1v) is 12.7. The van der Waals surface area contributed by atoms with E-state index in [9.17, 15) is 24.3 Å². The number of hydrogen-bond donors (Lipinski definition) is 3. The van der Waals surface area contributed by atoms with E-state index >= 15 is 0 Å². The van der Waals surface area contributed by atoms with Crippen molar-refractivity contribution in [1.82, 2.24) is 29.4 Å². The van der Waals surface area contributed by atoms with Gasteiger partial charge in [0.05, 0.1) is 0 Å². The lowest BCUT2D eigenvalue weighted by Crippen LogP contribution is -2.74. The molecule has 0 spiro atoms. The van der Waals surface area contributed by atoms with Crippen LogP contribution in [0.3, 0.4) is 0 Å². The molecule has 0 radical (unpaired) electrons. The Labute approximate surface area is 214 Å². The minimum Gasteiger partial charge on any atom is -0.481 e. The summed E-state index contributed by atoms with van der Waals surface area (Å²) in [7, 11) is 3.20. The Bertz CT molecular complexity index is 1080. The van der Waals surface area contributed by atoms with E-state index in [1.807, 2.05) is 7.05 Å². The molecule has 2 unspecified atom stereocenters. The Kier molecular flexibility index (Phi) is 7.51. The fraction of sp³-hybridized carbons (Fsp3) is 0.632. The number of rotatable bonds is 7. The summed E-state index contributed by atoms with van der Waals surface area (Å²) in [5.41, 5.74) is 3.87. The maximum absolute atomic E-state index is 12.8. The van der Waals surface area contributed by atoms with Gasteiger partial charge in [-0.25, -0.2) is 4.79 Å². The van der Waals surface area contributed by atoms with E-state index in [4.69, 9.17) is 15.3 Å². The van der Waals surface area contributed by atoms with Crippen LogP contribution >= 0.6 is 23.3 Å². The van der Waals surface area contributed by atoms with Gasteiger partial charge in [-0.2, -0.15) is 9.36 Å². The number of piperazine rings is 1. The zero-order chi connectivity index (χ0) is 26.0. The van der Waals surface area contributed by atoms with Crippen LogP contribution in [0.5, 0.6) is 0 Å². The molecule has 0 aromatic carbocycles. The zero-order valence-corrected chi connectivity index (χ0v) is 21.2. The summed E-state index contributed by atoms with van der Waals surface area (Å²) in [6, 6.07) is -0.903. The average molecular weight is 543 g/mol. The number of aliphatic carboxylic acids is 1. The molecule has 4 N–H and O–H groups in total. The summed E-state index contributed by atoms with van der Waals surface area (Å²) < 4.78 is 9.32. The van der Waals surface area contributed by atoms with Crippen LogP contribution in [0, 0.1) is 5.41 Å². The number of nitrogen functional groups attached to an aromatic ring is 1. The molecule has 15 nitrogen and oxygen atoms in total. The molecule has 0 saturated carbocycles. The van der Waals surface area contributed by atoms with Crippen molar-refractivity contribution < 1.29 is 33.9 Å². The third kappa shape index (κ3) is 5.03. The minimum atomic E-state index is -1.46. The van der Waals surface area contributed by atoms with E-state index in [2.05, 4.69) is 24.7 Å². The number of oxime groups is 1. The fourth-order valence-corrected chi connectivity index (χ4v) is 5.96. The highest BCUT2D eigenvalue weighted by atomic mass is 32.2. The highest BCUT2D eigenvalue weighted by Crippen LogP contribution is 2.42. The van der Waals surface area contributed by atoms with Gasteiger partial charge in [-0.15, -0.1) is 11.8 Å². The Morgan fingerprint density at radius 1 is 1.31 bits per heavy atom. The molecular formula is C19H26N8O7S2. The number of nitrogens with one attached hydrogen (secondary N) is 1. The molecule has 4 heterocycles. The maximum Gasteiger partial charge on any atom is 0.409 e. The lowest BCUT2D eigenvalue weighted by atomic mass is 9.88. The topological polar surface area (TPSA) is 193 Å². The molecule has 3 aliphatic rings. The summed E-state index contributed by atoms with van der Waals surface area (Å²) >= 11 is 2.07. The molecule has 0 aliphatic carbocycles. The highest BCUT2D eigenvalue weighted by molar-refractivity contribution is 8.00. The number of carboxylic acid groups (broad SMARTS) is 1. The smallest absolute Gasteiger partial charge is 0.409 e. The molecule has 3 saturated heterocycles. The molecular weight excluding hydrogens is 516 g/mol. The van der Waals surface area contributed by atoms with E-state index in [0.29, 0.717) is 26.2 Å². The second-order valence-electron chi connectivity index (χ2n) is 8.63. The van der Waals surface area contributed by atoms with Gasteiger partial charge in [0, 0.05) is 50.0 Å². The number of nitrogens with two attached hydrogens (primary N) is 1. The molecule has 1 aromatic rings. The van der Waals surface area contributed by atoms with Gasteiger partial charge < -0.3 is 40.4 Å². The molecule has 3 fully saturated rings. The number of aromatic nitrogens is 2. The van der Waals surface area contributed by atoms with E-state index in [0.717, 1.165) is 11.5 Å². The third-order valence-corrected chi connectivity index (χ3v) is 8.30. The van der Waals surface area contributed by atoms with Gasteiger partial charge in [0.15, 0.2) is 5.13 Å². The molecule has 3 aliphatic heterocycles. The summed E-state index contributed by atoms with van der Waals surface area (Å²) in [6.07, 6.45) is -0.572. The normalized spacial score (nSPS) is 26.6. The number of amides is 3. The number of carbonyl (C=O) groups excluding carboxylic acids is 3. The molecule has 196 valence electrons. The Balaban J connectivity index is 1.37. The second kappa shape index (κ2) is 10.4. The molecule has 36 heavy (non-hydrogen) atoms. The predicted octanol–water partition coefficient (Wildman–Crippen LogP) is -1.67. The number of likely N-dealkylation sites (N-methyl/N-ethyl adjacent to an activating group) is 1. The van der Waals surface area contributed by atoms with Gasteiger partial charge in [0.25, 0.3) is 5.91 Å². The quantitative estimate of drug-likeness (QED) is 0.202. The van der Waals surface area contributed by atoms with Crippen LogP contribution in [0.25, 0.3) is 0 Å². The van der Waals surface area contributed by atoms with Gasteiger partial charge in [-0.05, 0) is 7.05 Å². The van der Waals surface area contributed by atoms with Crippen LogP contribution in [0.2, 0.25) is 0 Å². The number of anilines is 1. The Hall–Kier alpha value is -3.18. The molecule has 4 rings (SSSR count). The zero-order valence-electron chi connectivity index (χ0n) is 19.6. The Morgan fingerprint density at radius 2 is 2.03 bits per heavy atom. The van der Waals surface area contributed by atoms with Crippen LogP contribution in [-0.2, 0) is 24.0 Å². The summed E-state index contributed by atoms with van der Waals surface area (Å²) in [5.74, 6) is -2.31. The van der Waals surface area contributed by atoms with Gasteiger partial charge >= 0.3 is 12.1 Å². The first-order valence-electron chi connectivity index (χ1n) is 10.9. The molecule has 3 amide bonds. The van der Waals surface area contributed by atoms with E-state index in [1.165, 1.54) is 23.8 Å². The lowest BCUT2D eigenvalue weighted by Gasteiger charge is -2.53. The first-order chi connectivity index (χ1) is 17.1. The van der Waals surface area contributed by atoms with Crippen molar-refractivity contribution in [1.29, 1.82) is 0 Å². The average Bonchev–Trinajstić information content (AvgIpc) is 3.29. The molecule has 1 aromatic heterocycles. The summed E-state index contributed by atoms with van der Waals surface area (Å²) in [4.78, 5) is 63.9. The van der Waals surface area contributed by atoms with Crippen LogP contribution in [0.4, 0.5) is 9.93 Å². The first kappa shape index (κ1) is 25.9. The van der Waals surface area contributed by atoms with Crippen molar-refractivity contribution in [2.24, 2.45) is 10.6 Å². The highest BCUT2D eigenvalue weighted by Gasteiger charge is 2.58. The third-order valence-electron chi connectivity index (χ3n) is 6.17. The van der Waals surface area contributed by atoms with Gasteiger partial charge in [0.2, 0.25) is 17.4 Å². The summed E-state index contributed by atoms with van der Waals surface area (Å²) in [6.45, 7) is 1.88. The maximum atomic E-state index is 12.8. The van der Waals surface area contributed by atoms with Crippen molar-refractivity contribution in [2.45, 2.75) is 11.4 Å².